The van der Waals surface area contributed by atoms with Gasteiger partial charge in [-0.1, -0.05) is 13.0 Å². The molecule has 3 heterocycles. The third-order valence-corrected chi connectivity index (χ3v) is 5.32. The molecule has 1 aromatic rings. The van der Waals surface area contributed by atoms with E-state index in [1.165, 1.54) is 38.8 Å². The van der Waals surface area contributed by atoms with E-state index >= 15 is 0 Å². The minimum absolute atomic E-state index is 0.748. The Kier molecular flexibility index (Phi) is 6.29. The Morgan fingerprint density at radius 2 is 2.00 bits per heavy atom. The summed E-state index contributed by atoms with van der Waals surface area (Å²) in [5.74, 6) is 2.72. The molecule has 3 rings (SSSR count). The number of hydrogen-bond donors (Lipinski definition) is 0. The van der Waals surface area contributed by atoms with Crippen LogP contribution in [-0.2, 0) is 4.74 Å². The molecule has 1 atom stereocenters. The maximum atomic E-state index is 5.64. The van der Waals surface area contributed by atoms with E-state index in [2.05, 4.69) is 33.8 Å². The van der Waals surface area contributed by atoms with Crippen molar-refractivity contribution in [2.24, 2.45) is 11.8 Å². The summed E-state index contributed by atoms with van der Waals surface area (Å²) in [6, 6.07) is 6.20. The molecule has 0 aliphatic carbocycles. The third-order valence-electron chi connectivity index (χ3n) is 5.32. The van der Waals surface area contributed by atoms with Crippen molar-refractivity contribution in [3.05, 3.63) is 24.4 Å². The van der Waals surface area contributed by atoms with Crippen molar-refractivity contribution in [1.29, 1.82) is 0 Å². The highest BCUT2D eigenvalue weighted by atomic mass is 16.5. The van der Waals surface area contributed by atoms with Crippen molar-refractivity contribution in [2.75, 3.05) is 50.8 Å². The van der Waals surface area contributed by atoms with Gasteiger partial charge in [0, 0.05) is 39.0 Å². The first-order valence-electron chi connectivity index (χ1n) is 9.31. The summed E-state index contributed by atoms with van der Waals surface area (Å²) >= 11 is 0. The van der Waals surface area contributed by atoms with Crippen molar-refractivity contribution in [3.8, 4) is 0 Å². The van der Waals surface area contributed by atoms with Crippen LogP contribution in [0.25, 0.3) is 0 Å². The Morgan fingerprint density at radius 1 is 1.17 bits per heavy atom. The fraction of sp³-hybridized carbons (Fsp3) is 0.737. The Bertz CT molecular complexity index is 439. The van der Waals surface area contributed by atoms with E-state index in [0.29, 0.717) is 0 Å². The minimum atomic E-state index is 0.748. The lowest BCUT2D eigenvalue weighted by atomic mass is 9.95. The first-order valence-corrected chi connectivity index (χ1v) is 9.31. The fourth-order valence-electron chi connectivity index (χ4n) is 3.90. The molecule has 0 radical (unpaired) electrons. The second kappa shape index (κ2) is 8.65. The summed E-state index contributed by atoms with van der Waals surface area (Å²) in [6.45, 7) is 10.2. The summed E-state index contributed by atoms with van der Waals surface area (Å²) in [6.07, 6.45) is 7.05. The van der Waals surface area contributed by atoms with Gasteiger partial charge in [0.25, 0.3) is 0 Å². The molecule has 2 aliphatic heterocycles. The zero-order valence-corrected chi connectivity index (χ0v) is 14.5. The second-order valence-corrected chi connectivity index (χ2v) is 7.05. The number of ether oxygens (including phenoxy) is 1. The van der Waals surface area contributed by atoms with Crippen molar-refractivity contribution >= 4 is 5.82 Å². The summed E-state index contributed by atoms with van der Waals surface area (Å²) in [5.41, 5.74) is 0. The molecule has 0 amide bonds. The Hall–Kier alpha value is -1.13. The van der Waals surface area contributed by atoms with Gasteiger partial charge in [-0.05, 0) is 56.2 Å². The van der Waals surface area contributed by atoms with Crippen LogP contribution < -0.4 is 4.90 Å². The molecule has 0 unspecified atom stereocenters. The molecule has 4 heteroatoms. The largest absolute Gasteiger partial charge is 0.381 e. The zero-order chi connectivity index (χ0) is 15.9. The maximum absolute atomic E-state index is 5.64. The highest BCUT2D eigenvalue weighted by molar-refractivity contribution is 5.37. The van der Waals surface area contributed by atoms with Crippen LogP contribution in [0.5, 0.6) is 0 Å². The Balaban J connectivity index is 1.43. The van der Waals surface area contributed by atoms with Crippen LogP contribution in [0.1, 0.15) is 32.6 Å². The molecule has 0 N–H and O–H groups in total. The van der Waals surface area contributed by atoms with E-state index in [9.17, 15) is 0 Å². The molecule has 1 aromatic heterocycles. The van der Waals surface area contributed by atoms with Gasteiger partial charge >= 0.3 is 0 Å². The normalized spacial score (nSPS) is 23.4. The lowest BCUT2D eigenvalue weighted by molar-refractivity contribution is 0.0362. The summed E-state index contributed by atoms with van der Waals surface area (Å²) < 4.78 is 5.64. The number of anilines is 1. The summed E-state index contributed by atoms with van der Waals surface area (Å²) in [5, 5.41) is 0. The van der Waals surface area contributed by atoms with E-state index in [-0.39, 0.29) is 0 Å². The predicted octanol–water partition coefficient (Wildman–Crippen LogP) is 3.05. The van der Waals surface area contributed by atoms with E-state index in [0.717, 1.165) is 50.5 Å². The summed E-state index contributed by atoms with van der Waals surface area (Å²) in [7, 11) is 0. The predicted molar refractivity (Wildman–Crippen MR) is 94.8 cm³/mol. The number of nitrogens with zero attached hydrogens (tertiary/aromatic N) is 3. The molecule has 0 saturated carbocycles. The van der Waals surface area contributed by atoms with E-state index in [1.807, 2.05) is 12.3 Å². The zero-order valence-electron chi connectivity index (χ0n) is 14.5. The van der Waals surface area contributed by atoms with Gasteiger partial charge in [0.2, 0.25) is 0 Å². The van der Waals surface area contributed by atoms with Crippen molar-refractivity contribution < 1.29 is 4.74 Å². The van der Waals surface area contributed by atoms with Gasteiger partial charge in [-0.3, -0.25) is 0 Å². The molecule has 128 valence electrons. The molecule has 2 fully saturated rings. The maximum Gasteiger partial charge on any atom is 0.128 e. The first kappa shape index (κ1) is 16.7. The molecular formula is C19H31N3O. The highest BCUT2D eigenvalue weighted by Crippen LogP contribution is 2.23. The van der Waals surface area contributed by atoms with E-state index < -0.39 is 0 Å². The van der Waals surface area contributed by atoms with Gasteiger partial charge in [-0.15, -0.1) is 0 Å². The van der Waals surface area contributed by atoms with Crippen molar-refractivity contribution in [2.45, 2.75) is 32.6 Å². The SMILES string of the molecule is CCN(CC1CCN(c2ccccn2)CC1)C[C@H]1CCCOC1. The smallest absolute Gasteiger partial charge is 0.128 e. The standard InChI is InChI=1S/C19H31N3O/c1-2-21(15-18-6-5-13-23-16-18)14-17-8-11-22(12-9-17)19-7-3-4-10-20-19/h3-4,7,10,17-18H,2,5-6,8-9,11-16H2,1H3/t18-/m1/s1. The van der Waals surface area contributed by atoms with Crippen LogP contribution in [0, 0.1) is 11.8 Å². The quantitative estimate of drug-likeness (QED) is 0.806. The topological polar surface area (TPSA) is 28.6 Å². The number of piperidine rings is 1. The number of aromatic nitrogens is 1. The highest BCUT2D eigenvalue weighted by Gasteiger charge is 2.23. The lowest BCUT2D eigenvalue weighted by Crippen LogP contribution is -2.41. The molecule has 0 aromatic carbocycles. The third kappa shape index (κ3) is 4.92. The van der Waals surface area contributed by atoms with Crippen LogP contribution >= 0.6 is 0 Å². The van der Waals surface area contributed by atoms with E-state index in [4.69, 9.17) is 4.74 Å². The van der Waals surface area contributed by atoms with Gasteiger partial charge in [0.15, 0.2) is 0 Å². The van der Waals surface area contributed by atoms with Crippen LogP contribution in [-0.4, -0.2) is 55.8 Å². The van der Waals surface area contributed by atoms with Crippen molar-refractivity contribution in [1.82, 2.24) is 9.88 Å². The molecule has 2 aliphatic rings. The minimum Gasteiger partial charge on any atom is -0.381 e. The van der Waals surface area contributed by atoms with Crippen LogP contribution in [0.15, 0.2) is 24.4 Å². The number of pyridine rings is 1. The monoisotopic (exact) mass is 317 g/mol. The van der Waals surface area contributed by atoms with Gasteiger partial charge < -0.3 is 14.5 Å². The molecule has 4 nitrogen and oxygen atoms in total. The van der Waals surface area contributed by atoms with Crippen LogP contribution in [0.2, 0.25) is 0 Å². The number of hydrogen-bond acceptors (Lipinski definition) is 4. The van der Waals surface area contributed by atoms with Gasteiger partial charge in [-0.2, -0.15) is 0 Å². The molecule has 0 bridgehead atoms. The van der Waals surface area contributed by atoms with Crippen molar-refractivity contribution in [3.63, 3.8) is 0 Å². The molecular weight excluding hydrogens is 286 g/mol. The van der Waals surface area contributed by atoms with Gasteiger partial charge in [-0.25, -0.2) is 4.98 Å². The van der Waals surface area contributed by atoms with Gasteiger partial charge in [0.1, 0.15) is 5.82 Å². The Morgan fingerprint density at radius 3 is 2.65 bits per heavy atom. The average molecular weight is 317 g/mol. The average Bonchev–Trinajstić information content (AvgIpc) is 2.63. The molecule has 0 spiro atoms. The first-order chi connectivity index (χ1) is 11.3. The van der Waals surface area contributed by atoms with Crippen LogP contribution in [0.3, 0.4) is 0 Å². The molecule has 2 saturated heterocycles. The molecule has 23 heavy (non-hydrogen) atoms. The summed E-state index contributed by atoms with van der Waals surface area (Å²) in [4.78, 5) is 9.57. The number of rotatable bonds is 6. The second-order valence-electron chi connectivity index (χ2n) is 7.05. The Labute approximate surface area is 140 Å². The fourth-order valence-corrected chi connectivity index (χ4v) is 3.90. The lowest BCUT2D eigenvalue weighted by Gasteiger charge is -2.36. The van der Waals surface area contributed by atoms with E-state index in [1.54, 1.807) is 0 Å². The van der Waals surface area contributed by atoms with Gasteiger partial charge in [0.05, 0.1) is 6.61 Å². The van der Waals surface area contributed by atoms with Crippen LogP contribution in [0.4, 0.5) is 5.82 Å².